The zero-order chi connectivity index (χ0) is 11.6. The van der Waals surface area contributed by atoms with Gasteiger partial charge in [0.25, 0.3) is 0 Å². The minimum Gasteiger partial charge on any atom is -0.315 e. The standard InChI is InChI=1S/C14H24N2/c1-3-15-12-13(2)16-11-7-10-14-8-5-4-6-9-14/h4-6,8-9,13,15-16H,3,7,10-12H2,1-2H3. The summed E-state index contributed by atoms with van der Waals surface area (Å²) in [6.07, 6.45) is 2.38. The summed E-state index contributed by atoms with van der Waals surface area (Å²) in [6.45, 7) is 7.58. The molecule has 1 aromatic carbocycles. The Labute approximate surface area is 99.5 Å². The van der Waals surface area contributed by atoms with E-state index < -0.39 is 0 Å². The zero-order valence-electron chi connectivity index (χ0n) is 10.5. The van der Waals surface area contributed by atoms with Gasteiger partial charge >= 0.3 is 0 Å². The fraction of sp³-hybridized carbons (Fsp3) is 0.571. The molecule has 2 nitrogen and oxygen atoms in total. The summed E-state index contributed by atoms with van der Waals surface area (Å²) in [4.78, 5) is 0. The number of rotatable bonds is 8. The molecule has 0 aliphatic heterocycles. The molecule has 1 atom stereocenters. The van der Waals surface area contributed by atoms with Gasteiger partial charge in [0.1, 0.15) is 0 Å². The second-order valence-electron chi connectivity index (χ2n) is 4.25. The lowest BCUT2D eigenvalue weighted by Crippen LogP contribution is -2.36. The smallest absolute Gasteiger partial charge is 0.0164 e. The van der Waals surface area contributed by atoms with E-state index >= 15 is 0 Å². The van der Waals surface area contributed by atoms with Crippen LogP contribution in [-0.4, -0.2) is 25.7 Å². The van der Waals surface area contributed by atoms with Gasteiger partial charge in [-0.15, -0.1) is 0 Å². The highest BCUT2D eigenvalue weighted by Crippen LogP contribution is 2.01. The third kappa shape index (κ3) is 5.89. The molecule has 0 bridgehead atoms. The Balaban J connectivity index is 2.03. The highest BCUT2D eigenvalue weighted by molar-refractivity contribution is 5.14. The van der Waals surface area contributed by atoms with Crippen LogP contribution >= 0.6 is 0 Å². The molecule has 0 saturated heterocycles. The van der Waals surface area contributed by atoms with Crippen LogP contribution < -0.4 is 10.6 Å². The van der Waals surface area contributed by atoms with Gasteiger partial charge in [0.2, 0.25) is 0 Å². The summed E-state index contributed by atoms with van der Waals surface area (Å²) in [7, 11) is 0. The molecule has 90 valence electrons. The largest absolute Gasteiger partial charge is 0.315 e. The number of benzene rings is 1. The van der Waals surface area contributed by atoms with E-state index in [1.807, 2.05) is 0 Å². The number of nitrogens with one attached hydrogen (secondary N) is 2. The van der Waals surface area contributed by atoms with E-state index in [2.05, 4.69) is 54.8 Å². The first-order valence-electron chi connectivity index (χ1n) is 6.31. The first kappa shape index (κ1) is 13.2. The van der Waals surface area contributed by atoms with Crippen LogP contribution in [0, 0.1) is 0 Å². The van der Waals surface area contributed by atoms with Crippen molar-refractivity contribution in [2.75, 3.05) is 19.6 Å². The molecule has 0 saturated carbocycles. The SMILES string of the molecule is CCNCC(C)NCCCc1ccccc1. The Hall–Kier alpha value is -0.860. The van der Waals surface area contributed by atoms with Crippen molar-refractivity contribution in [1.82, 2.24) is 10.6 Å². The number of likely N-dealkylation sites (N-methyl/N-ethyl adjacent to an activating group) is 1. The molecule has 0 spiro atoms. The molecule has 0 aliphatic rings. The van der Waals surface area contributed by atoms with E-state index in [0.717, 1.165) is 19.6 Å². The molecule has 0 heterocycles. The van der Waals surface area contributed by atoms with Gasteiger partial charge in [-0.3, -0.25) is 0 Å². The average Bonchev–Trinajstić information content (AvgIpc) is 2.33. The van der Waals surface area contributed by atoms with Gasteiger partial charge in [0.15, 0.2) is 0 Å². The molecule has 2 N–H and O–H groups in total. The first-order valence-corrected chi connectivity index (χ1v) is 6.31. The van der Waals surface area contributed by atoms with Crippen LogP contribution in [0.15, 0.2) is 30.3 Å². The number of hydrogen-bond donors (Lipinski definition) is 2. The highest BCUT2D eigenvalue weighted by Gasteiger charge is 1.98. The third-order valence-corrected chi connectivity index (χ3v) is 2.68. The van der Waals surface area contributed by atoms with Gasteiger partial charge in [-0.05, 0) is 38.4 Å². The minimum atomic E-state index is 0.565. The van der Waals surface area contributed by atoms with Crippen molar-refractivity contribution in [1.29, 1.82) is 0 Å². The zero-order valence-corrected chi connectivity index (χ0v) is 10.5. The van der Waals surface area contributed by atoms with Crippen LogP contribution in [0.2, 0.25) is 0 Å². The molecule has 0 fully saturated rings. The van der Waals surface area contributed by atoms with Crippen molar-refractivity contribution in [3.8, 4) is 0 Å². The minimum absolute atomic E-state index is 0.565. The predicted molar refractivity (Wildman–Crippen MR) is 70.8 cm³/mol. The molecule has 0 aromatic heterocycles. The van der Waals surface area contributed by atoms with Crippen LogP contribution in [0.1, 0.15) is 25.8 Å². The fourth-order valence-electron chi connectivity index (χ4n) is 1.72. The summed E-state index contributed by atoms with van der Waals surface area (Å²) in [5.41, 5.74) is 1.43. The molecule has 0 amide bonds. The Morgan fingerprint density at radius 3 is 2.62 bits per heavy atom. The van der Waals surface area contributed by atoms with Crippen LogP contribution in [0.25, 0.3) is 0 Å². The molecule has 16 heavy (non-hydrogen) atoms. The van der Waals surface area contributed by atoms with Gasteiger partial charge in [-0.2, -0.15) is 0 Å². The molecule has 1 rings (SSSR count). The summed E-state index contributed by atoms with van der Waals surface area (Å²) in [5, 5.41) is 6.87. The Morgan fingerprint density at radius 1 is 1.19 bits per heavy atom. The fourth-order valence-corrected chi connectivity index (χ4v) is 1.72. The summed E-state index contributed by atoms with van der Waals surface area (Å²) in [6, 6.07) is 11.2. The van der Waals surface area contributed by atoms with E-state index in [-0.39, 0.29) is 0 Å². The van der Waals surface area contributed by atoms with Gasteiger partial charge in [-0.1, -0.05) is 37.3 Å². The second-order valence-corrected chi connectivity index (χ2v) is 4.25. The molecule has 0 aliphatic carbocycles. The van der Waals surface area contributed by atoms with Gasteiger partial charge < -0.3 is 10.6 Å². The van der Waals surface area contributed by atoms with Gasteiger partial charge in [0.05, 0.1) is 0 Å². The molecule has 0 radical (unpaired) electrons. The van der Waals surface area contributed by atoms with Crippen molar-refractivity contribution in [3.63, 3.8) is 0 Å². The van der Waals surface area contributed by atoms with Crippen LogP contribution in [-0.2, 0) is 6.42 Å². The van der Waals surface area contributed by atoms with E-state index in [4.69, 9.17) is 0 Å². The Bertz CT molecular complexity index is 259. The Kier molecular flexibility index (Phi) is 6.86. The number of aryl methyl sites for hydroxylation is 1. The maximum Gasteiger partial charge on any atom is 0.0164 e. The van der Waals surface area contributed by atoms with Crippen LogP contribution in [0.3, 0.4) is 0 Å². The molecular formula is C14H24N2. The van der Waals surface area contributed by atoms with E-state index in [9.17, 15) is 0 Å². The summed E-state index contributed by atoms with van der Waals surface area (Å²) < 4.78 is 0. The quantitative estimate of drug-likeness (QED) is 0.656. The molecule has 2 heteroatoms. The highest BCUT2D eigenvalue weighted by atomic mass is 15.0. The third-order valence-electron chi connectivity index (χ3n) is 2.68. The van der Waals surface area contributed by atoms with Gasteiger partial charge in [-0.25, -0.2) is 0 Å². The maximum absolute atomic E-state index is 3.53. The van der Waals surface area contributed by atoms with E-state index in [1.165, 1.54) is 18.4 Å². The molecule has 1 aromatic rings. The lowest BCUT2D eigenvalue weighted by molar-refractivity contribution is 0.502. The molecule has 1 unspecified atom stereocenters. The van der Waals surface area contributed by atoms with Crippen molar-refractivity contribution in [2.24, 2.45) is 0 Å². The predicted octanol–water partition coefficient (Wildman–Crippen LogP) is 2.21. The van der Waals surface area contributed by atoms with E-state index in [0.29, 0.717) is 6.04 Å². The Morgan fingerprint density at radius 2 is 1.94 bits per heavy atom. The average molecular weight is 220 g/mol. The topological polar surface area (TPSA) is 24.1 Å². The van der Waals surface area contributed by atoms with Gasteiger partial charge in [0, 0.05) is 12.6 Å². The maximum atomic E-state index is 3.53. The monoisotopic (exact) mass is 220 g/mol. The number of hydrogen-bond acceptors (Lipinski definition) is 2. The molecular weight excluding hydrogens is 196 g/mol. The van der Waals surface area contributed by atoms with Crippen molar-refractivity contribution >= 4 is 0 Å². The van der Waals surface area contributed by atoms with Crippen LogP contribution in [0.5, 0.6) is 0 Å². The van der Waals surface area contributed by atoms with E-state index in [1.54, 1.807) is 0 Å². The normalized spacial score (nSPS) is 12.6. The lowest BCUT2D eigenvalue weighted by Gasteiger charge is -2.13. The lowest BCUT2D eigenvalue weighted by atomic mass is 10.1. The second kappa shape index (κ2) is 8.31. The van der Waals surface area contributed by atoms with Crippen molar-refractivity contribution in [2.45, 2.75) is 32.7 Å². The van der Waals surface area contributed by atoms with Crippen molar-refractivity contribution in [3.05, 3.63) is 35.9 Å². The summed E-state index contributed by atoms with van der Waals surface area (Å²) >= 11 is 0. The summed E-state index contributed by atoms with van der Waals surface area (Å²) in [5.74, 6) is 0. The van der Waals surface area contributed by atoms with Crippen LogP contribution in [0.4, 0.5) is 0 Å². The van der Waals surface area contributed by atoms with Crippen molar-refractivity contribution < 1.29 is 0 Å². The first-order chi connectivity index (χ1) is 7.83.